The van der Waals surface area contributed by atoms with Crippen molar-refractivity contribution >= 4 is 33.4 Å². The fraction of sp³-hybridized carbons (Fsp3) is 0.308. The fourth-order valence-corrected chi connectivity index (χ4v) is 2.48. The summed E-state index contributed by atoms with van der Waals surface area (Å²) in [6.07, 6.45) is 0. The van der Waals surface area contributed by atoms with E-state index in [-0.39, 0.29) is 5.75 Å². The summed E-state index contributed by atoms with van der Waals surface area (Å²) in [6.45, 7) is 2.39. The van der Waals surface area contributed by atoms with Crippen LogP contribution in [0.1, 0.15) is 17.2 Å². The lowest BCUT2D eigenvalue weighted by atomic mass is 10.3. The number of alkyl halides is 2. The van der Waals surface area contributed by atoms with Crippen LogP contribution in [-0.2, 0) is 12.3 Å². The zero-order valence-electron chi connectivity index (χ0n) is 10.7. The van der Waals surface area contributed by atoms with Gasteiger partial charge in [0.05, 0.1) is 23.7 Å². The number of hydrogen-bond acceptors (Lipinski definition) is 4. The molecule has 0 spiro atoms. The minimum absolute atomic E-state index is 0.177. The van der Waals surface area contributed by atoms with Gasteiger partial charge in [0.2, 0.25) is 0 Å². The Labute approximate surface area is 128 Å². The number of aryl methyl sites for hydroxylation is 1. The van der Waals surface area contributed by atoms with Crippen molar-refractivity contribution in [3.05, 3.63) is 46.1 Å². The molecule has 0 aromatic carbocycles. The second-order valence-corrected chi connectivity index (χ2v) is 5.85. The molecule has 2 heterocycles. The molecule has 0 unspecified atom stereocenters. The second kappa shape index (κ2) is 7.08. The van der Waals surface area contributed by atoms with E-state index in [1.54, 1.807) is 12.1 Å². The third-order valence-corrected chi connectivity index (χ3v) is 3.72. The Hall–Kier alpha value is -1.08. The molecule has 2 rings (SSSR count). The van der Waals surface area contributed by atoms with Gasteiger partial charge in [0.25, 0.3) is 5.76 Å². The molecule has 0 fully saturated rings. The highest BCUT2D eigenvalue weighted by molar-refractivity contribution is 9.10. The van der Waals surface area contributed by atoms with Crippen molar-refractivity contribution in [2.45, 2.75) is 25.0 Å². The molecule has 1 N–H and O–H groups in total. The zero-order chi connectivity index (χ0) is 14.5. The molecule has 3 nitrogen and oxygen atoms in total. The number of anilines is 1. The Balaban J connectivity index is 1.90. The highest BCUT2D eigenvalue weighted by atomic mass is 79.9. The summed E-state index contributed by atoms with van der Waals surface area (Å²) >= 11 is 3.86. The zero-order valence-corrected chi connectivity index (χ0v) is 13.1. The summed E-state index contributed by atoms with van der Waals surface area (Å²) < 4.78 is 30.4. The summed E-state index contributed by atoms with van der Waals surface area (Å²) in [5.74, 6) is -0.940. The van der Waals surface area contributed by atoms with E-state index >= 15 is 0 Å². The average Bonchev–Trinajstić information content (AvgIpc) is 2.83. The van der Waals surface area contributed by atoms with Crippen LogP contribution in [0.15, 0.2) is 33.3 Å². The predicted molar refractivity (Wildman–Crippen MR) is 80.0 cm³/mol. The summed E-state index contributed by atoms with van der Waals surface area (Å²) in [6, 6.07) is 7.28. The lowest BCUT2D eigenvalue weighted by Gasteiger charge is -2.07. The molecule has 0 aliphatic heterocycles. The first-order valence-electron chi connectivity index (χ1n) is 5.89. The van der Waals surface area contributed by atoms with Crippen LogP contribution in [0.2, 0.25) is 0 Å². The van der Waals surface area contributed by atoms with Crippen molar-refractivity contribution in [3.8, 4) is 0 Å². The largest absolute Gasteiger partial charge is 0.463 e. The molecule has 2 aromatic heterocycles. The number of nitrogens with zero attached hydrogens (tertiary/aromatic N) is 1. The number of hydrogen-bond donors (Lipinski definition) is 1. The van der Waals surface area contributed by atoms with E-state index in [0.717, 1.165) is 16.0 Å². The minimum Gasteiger partial charge on any atom is -0.463 e. The third kappa shape index (κ3) is 4.49. The van der Waals surface area contributed by atoms with Gasteiger partial charge in [-0.15, -0.1) is 0 Å². The molecular formula is C13H13BrF2N2OS. The van der Waals surface area contributed by atoms with E-state index in [2.05, 4.69) is 26.2 Å². The molecule has 0 bridgehead atoms. The number of aromatic nitrogens is 1. The Kier molecular flexibility index (Phi) is 5.42. The van der Waals surface area contributed by atoms with Crippen LogP contribution in [-0.4, -0.2) is 10.7 Å². The molecule has 0 radical (unpaired) electrons. The normalized spacial score (nSPS) is 11.1. The van der Waals surface area contributed by atoms with Crippen LogP contribution >= 0.6 is 27.7 Å². The van der Waals surface area contributed by atoms with Gasteiger partial charge in [0, 0.05) is 0 Å². The van der Waals surface area contributed by atoms with Crippen LogP contribution in [0, 0.1) is 6.92 Å². The van der Waals surface area contributed by atoms with Gasteiger partial charge < -0.3 is 9.73 Å². The van der Waals surface area contributed by atoms with Crippen molar-refractivity contribution in [3.63, 3.8) is 0 Å². The van der Waals surface area contributed by atoms with E-state index in [0.29, 0.717) is 29.8 Å². The number of pyridine rings is 1. The molecule has 108 valence electrons. The van der Waals surface area contributed by atoms with E-state index < -0.39 is 5.76 Å². The molecule has 0 saturated heterocycles. The topological polar surface area (TPSA) is 38.1 Å². The van der Waals surface area contributed by atoms with Crippen molar-refractivity contribution in [2.24, 2.45) is 0 Å². The summed E-state index contributed by atoms with van der Waals surface area (Å²) in [5.41, 5.74) is 1.78. The molecule has 0 atom stereocenters. The van der Waals surface area contributed by atoms with Crippen LogP contribution in [0.25, 0.3) is 0 Å². The maximum Gasteiger partial charge on any atom is 0.284 e. The number of rotatable bonds is 6. The highest BCUT2D eigenvalue weighted by Crippen LogP contribution is 2.22. The Bertz CT molecular complexity index is 577. The van der Waals surface area contributed by atoms with Crippen molar-refractivity contribution in [1.29, 1.82) is 0 Å². The summed E-state index contributed by atoms with van der Waals surface area (Å²) in [5, 5.41) is 3.20. The lowest BCUT2D eigenvalue weighted by molar-refractivity contribution is 0.251. The van der Waals surface area contributed by atoms with Gasteiger partial charge >= 0.3 is 0 Å². The highest BCUT2D eigenvalue weighted by Gasteiger charge is 2.08. The minimum atomic E-state index is -2.38. The van der Waals surface area contributed by atoms with Crippen molar-refractivity contribution < 1.29 is 13.2 Å². The van der Waals surface area contributed by atoms with Crippen molar-refractivity contribution in [2.75, 3.05) is 5.32 Å². The number of halogens is 3. The number of nitrogens with one attached hydrogen (secondary N) is 1. The molecular weight excluding hydrogens is 350 g/mol. The summed E-state index contributed by atoms with van der Waals surface area (Å²) in [7, 11) is 0. The Morgan fingerprint density at radius 1 is 1.30 bits per heavy atom. The maximum absolute atomic E-state index is 12.1. The van der Waals surface area contributed by atoms with E-state index in [1.807, 2.05) is 19.1 Å². The SMILES string of the molecule is Cc1nc(Br)ccc1NCc1ccc(CSC(F)F)o1. The van der Waals surface area contributed by atoms with Crippen molar-refractivity contribution in [1.82, 2.24) is 4.98 Å². The third-order valence-electron chi connectivity index (χ3n) is 2.57. The molecule has 7 heteroatoms. The Morgan fingerprint density at radius 2 is 2.05 bits per heavy atom. The first-order valence-corrected chi connectivity index (χ1v) is 7.73. The van der Waals surface area contributed by atoms with Gasteiger partial charge in [-0.25, -0.2) is 4.98 Å². The van der Waals surface area contributed by atoms with Gasteiger partial charge in [-0.2, -0.15) is 8.78 Å². The van der Waals surface area contributed by atoms with Crippen LogP contribution in [0.3, 0.4) is 0 Å². The molecule has 0 amide bonds. The van der Waals surface area contributed by atoms with Crippen LogP contribution in [0.4, 0.5) is 14.5 Å². The summed E-state index contributed by atoms with van der Waals surface area (Å²) in [4.78, 5) is 4.28. The van der Waals surface area contributed by atoms with E-state index in [4.69, 9.17) is 4.42 Å². The predicted octanol–water partition coefficient (Wildman–Crippen LogP) is 4.81. The first kappa shape index (κ1) is 15.3. The maximum atomic E-state index is 12.1. The van der Waals surface area contributed by atoms with E-state index in [1.165, 1.54) is 0 Å². The molecule has 2 aromatic rings. The standard InChI is InChI=1S/C13H13BrF2N2OS/c1-8-11(4-5-12(14)18-8)17-6-9-2-3-10(19-9)7-20-13(15)16/h2-5,13,17H,6-7H2,1H3. The lowest BCUT2D eigenvalue weighted by Crippen LogP contribution is -2.01. The fourth-order valence-electron chi connectivity index (χ4n) is 1.64. The average molecular weight is 363 g/mol. The molecule has 0 aliphatic rings. The van der Waals surface area contributed by atoms with Gasteiger partial charge in [0.15, 0.2) is 0 Å². The van der Waals surface area contributed by atoms with Gasteiger partial charge in [-0.1, -0.05) is 11.8 Å². The Morgan fingerprint density at radius 3 is 2.75 bits per heavy atom. The van der Waals surface area contributed by atoms with Gasteiger partial charge in [-0.3, -0.25) is 0 Å². The van der Waals surface area contributed by atoms with E-state index in [9.17, 15) is 8.78 Å². The number of furan rings is 1. The smallest absolute Gasteiger partial charge is 0.284 e. The molecule has 20 heavy (non-hydrogen) atoms. The second-order valence-electron chi connectivity index (χ2n) is 4.06. The monoisotopic (exact) mass is 362 g/mol. The number of thioether (sulfide) groups is 1. The first-order chi connectivity index (χ1) is 9.54. The van der Waals surface area contributed by atoms with Crippen LogP contribution < -0.4 is 5.32 Å². The molecule has 0 saturated carbocycles. The van der Waals surface area contributed by atoms with Gasteiger partial charge in [0.1, 0.15) is 16.1 Å². The molecule has 0 aliphatic carbocycles. The quantitative estimate of drug-likeness (QED) is 0.748. The van der Waals surface area contributed by atoms with Gasteiger partial charge in [-0.05, 0) is 47.1 Å². The van der Waals surface area contributed by atoms with Crippen LogP contribution in [0.5, 0.6) is 0 Å².